The molecule has 6 heteroatoms. The third-order valence-corrected chi connectivity index (χ3v) is 5.92. The first-order valence-corrected chi connectivity index (χ1v) is 9.72. The number of nitrogens with one attached hydrogen (secondary N) is 1. The second kappa shape index (κ2) is 7.60. The quantitative estimate of drug-likeness (QED) is 0.736. The highest BCUT2D eigenvalue weighted by atomic mass is 35.5. The fraction of sp³-hybridized carbons (Fsp3) is 0.316. The Bertz CT molecular complexity index is 858. The van der Waals surface area contributed by atoms with Crippen LogP contribution in [0.25, 0.3) is 21.8 Å². The first-order chi connectivity index (χ1) is 12.3. The van der Waals surface area contributed by atoms with E-state index in [2.05, 4.69) is 20.3 Å². The van der Waals surface area contributed by atoms with Gasteiger partial charge in [0.2, 0.25) is 0 Å². The largest absolute Gasteiger partial charge is 0.317 e. The minimum atomic E-state index is 0.697. The van der Waals surface area contributed by atoms with Crippen LogP contribution in [0.3, 0.4) is 0 Å². The molecule has 4 nitrogen and oxygen atoms in total. The number of hydrogen-bond donors (Lipinski definition) is 1. The van der Waals surface area contributed by atoms with Crippen LogP contribution in [0, 0.1) is 5.92 Å². The molecule has 3 aromatic rings. The van der Waals surface area contributed by atoms with Gasteiger partial charge in [-0.1, -0.05) is 29.8 Å². The molecule has 1 N–H and O–H groups in total. The van der Waals surface area contributed by atoms with Crippen LogP contribution in [-0.4, -0.2) is 28.0 Å². The van der Waals surface area contributed by atoms with E-state index in [4.69, 9.17) is 11.6 Å². The molecule has 4 rings (SSSR count). The molecule has 0 radical (unpaired) electrons. The molecule has 25 heavy (non-hydrogen) atoms. The fourth-order valence-electron chi connectivity index (χ4n) is 3.16. The summed E-state index contributed by atoms with van der Waals surface area (Å²) in [5.41, 5.74) is 2.66. The second-order valence-corrected chi connectivity index (χ2v) is 7.81. The molecule has 2 aromatic heterocycles. The van der Waals surface area contributed by atoms with Crippen LogP contribution in [0.5, 0.6) is 0 Å². The van der Waals surface area contributed by atoms with Crippen molar-refractivity contribution in [3.63, 3.8) is 0 Å². The van der Waals surface area contributed by atoms with Gasteiger partial charge in [-0.15, -0.1) is 11.3 Å². The van der Waals surface area contributed by atoms with Gasteiger partial charge in [0.1, 0.15) is 6.33 Å². The maximum absolute atomic E-state index is 6.29. The number of hydrogen-bond acceptors (Lipinski definition) is 5. The van der Waals surface area contributed by atoms with Crippen LogP contribution < -0.4 is 5.32 Å². The molecule has 1 aromatic carbocycles. The smallest absolute Gasteiger partial charge is 0.116 e. The van der Waals surface area contributed by atoms with Crippen LogP contribution in [0.4, 0.5) is 0 Å². The van der Waals surface area contributed by atoms with Crippen molar-refractivity contribution in [3.05, 3.63) is 52.9 Å². The summed E-state index contributed by atoms with van der Waals surface area (Å²) in [7, 11) is 0. The Labute approximate surface area is 156 Å². The van der Waals surface area contributed by atoms with Crippen molar-refractivity contribution in [3.8, 4) is 21.8 Å². The van der Waals surface area contributed by atoms with Gasteiger partial charge in [0, 0.05) is 23.2 Å². The molecule has 0 bridgehead atoms. The monoisotopic (exact) mass is 370 g/mol. The highest BCUT2D eigenvalue weighted by Gasteiger charge is 2.16. The van der Waals surface area contributed by atoms with Crippen LogP contribution in [0.1, 0.15) is 17.8 Å². The minimum Gasteiger partial charge on any atom is -0.317 e. The molecule has 0 amide bonds. The summed E-state index contributed by atoms with van der Waals surface area (Å²) in [6, 6.07) is 9.73. The molecule has 0 atom stereocenters. The lowest BCUT2D eigenvalue weighted by Crippen LogP contribution is -2.28. The topological polar surface area (TPSA) is 50.7 Å². The molecule has 3 heterocycles. The van der Waals surface area contributed by atoms with Crippen LogP contribution in [-0.2, 0) is 6.42 Å². The number of aromatic nitrogens is 3. The van der Waals surface area contributed by atoms with Gasteiger partial charge in [-0.3, -0.25) is 0 Å². The lowest BCUT2D eigenvalue weighted by atomic mass is 9.95. The van der Waals surface area contributed by atoms with Gasteiger partial charge in [0.05, 0.1) is 21.3 Å². The van der Waals surface area contributed by atoms with E-state index in [1.165, 1.54) is 17.8 Å². The number of benzene rings is 1. The Morgan fingerprint density at radius 1 is 1.08 bits per heavy atom. The van der Waals surface area contributed by atoms with Crippen molar-refractivity contribution in [2.24, 2.45) is 5.92 Å². The molecule has 0 spiro atoms. The fourth-order valence-corrected chi connectivity index (χ4v) is 4.40. The van der Waals surface area contributed by atoms with Crippen LogP contribution >= 0.6 is 22.9 Å². The van der Waals surface area contributed by atoms with Crippen molar-refractivity contribution in [1.82, 2.24) is 20.3 Å². The normalized spacial score (nSPS) is 15.4. The summed E-state index contributed by atoms with van der Waals surface area (Å²) < 4.78 is 0. The second-order valence-electron chi connectivity index (χ2n) is 6.28. The van der Waals surface area contributed by atoms with Crippen molar-refractivity contribution in [1.29, 1.82) is 0 Å². The van der Waals surface area contributed by atoms with E-state index in [0.29, 0.717) is 5.02 Å². The van der Waals surface area contributed by atoms with E-state index in [9.17, 15) is 0 Å². The molecule has 1 saturated heterocycles. The Morgan fingerprint density at radius 3 is 2.72 bits per heavy atom. The third kappa shape index (κ3) is 3.89. The molecular formula is C19H19ClN4S. The highest BCUT2D eigenvalue weighted by molar-refractivity contribution is 7.15. The van der Waals surface area contributed by atoms with Gasteiger partial charge in [-0.2, -0.15) is 0 Å². The van der Waals surface area contributed by atoms with Crippen LogP contribution in [0.15, 0.2) is 42.9 Å². The zero-order valence-electron chi connectivity index (χ0n) is 13.8. The zero-order valence-corrected chi connectivity index (χ0v) is 15.4. The molecule has 0 saturated carbocycles. The van der Waals surface area contributed by atoms with Crippen LogP contribution in [0.2, 0.25) is 5.02 Å². The summed E-state index contributed by atoms with van der Waals surface area (Å²) in [6.07, 6.45) is 7.06. The summed E-state index contributed by atoms with van der Waals surface area (Å²) in [5.74, 6) is 0.740. The van der Waals surface area contributed by atoms with E-state index < -0.39 is 0 Å². The Hall–Kier alpha value is -1.82. The number of piperidine rings is 1. The third-order valence-electron chi connectivity index (χ3n) is 4.54. The standard InChI is InChI=1S/C19H19ClN4S/c20-15-4-2-1-3-14(15)16-10-17(24-12-23-16)18-11-22-19(25-18)9-13-5-7-21-8-6-13/h1-4,10-13,21H,5-9H2. The predicted octanol–water partition coefficient (Wildman–Crippen LogP) is 4.46. The molecule has 0 unspecified atom stereocenters. The highest BCUT2D eigenvalue weighted by Crippen LogP contribution is 2.31. The van der Waals surface area contributed by atoms with Gasteiger partial charge >= 0.3 is 0 Å². The number of rotatable bonds is 4. The minimum absolute atomic E-state index is 0.697. The zero-order chi connectivity index (χ0) is 17.1. The molecule has 1 fully saturated rings. The van der Waals surface area contributed by atoms with Gasteiger partial charge in [-0.25, -0.2) is 15.0 Å². The maximum Gasteiger partial charge on any atom is 0.116 e. The number of nitrogens with zero attached hydrogens (tertiary/aromatic N) is 3. The number of halogens is 1. The first kappa shape index (κ1) is 16.6. The van der Waals surface area contributed by atoms with Crippen molar-refractivity contribution < 1.29 is 0 Å². The summed E-state index contributed by atoms with van der Waals surface area (Å²) >= 11 is 8.03. The SMILES string of the molecule is Clc1ccccc1-c1cc(-c2cnc(CC3CCNCC3)s2)ncn1. The van der Waals surface area contributed by atoms with E-state index in [0.717, 1.165) is 47.3 Å². The van der Waals surface area contributed by atoms with Crippen molar-refractivity contribution in [2.75, 3.05) is 13.1 Å². The van der Waals surface area contributed by atoms with E-state index in [-0.39, 0.29) is 0 Å². The van der Waals surface area contributed by atoms with E-state index in [1.807, 2.05) is 36.5 Å². The van der Waals surface area contributed by atoms with Gasteiger partial charge in [0.15, 0.2) is 0 Å². The van der Waals surface area contributed by atoms with E-state index >= 15 is 0 Å². The summed E-state index contributed by atoms with van der Waals surface area (Å²) in [6.45, 7) is 2.24. The van der Waals surface area contributed by atoms with Gasteiger partial charge in [-0.05, 0) is 44.0 Å². The average Bonchev–Trinajstić information content (AvgIpc) is 3.12. The van der Waals surface area contributed by atoms with Crippen molar-refractivity contribution >= 4 is 22.9 Å². The van der Waals surface area contributed by atoms with Gasteiger partial charge < -0.3 is 5.32 Å². The molecule has 1 aliphatic rings. The Balaban J connectivity index is 1.56. The molecule has 0 aliphatic carbocycles. The predicted molar refractivity (Wildman–Crippen MR) is 103 cm³/mol. The van der Waals surface area contributed by atoms with Gasteiger partial charge in [0.25, 0.3) is 0 Å². The Kier molecular flexibility index (Phi) is 5.06. The average molecular weight is 371 g/mol. The van der Waals surface area contributed by atoms with E-state index in [1.54, 1.807) is 17.7 Å². The summed E-state index contributed by atoms with van der Waals surface area (Å²) in [4.78, 5) is 14.5. The Morgan fingerprint density at radius 2 is 1.88 bits per heavy atom. The first-order valence-electron chi connectivity index (χ1n) is 8.52. The summed E-state index contributed by atoms with van der Waals surface area (Å²) in [5, 5.41) is 5.30. The molecular weight excluding hydrogens is 352 g/mol. The lowest BCUT2D eigenvalue weighted by Gasteiger charge is -2.21. The maximum atomic E-state index is 6.29. The lowest BCUT2D eigenvalue weighted by molar-refractivity contribution is 0.372. The van der Waals surface area contributed by atoms with Crippen molar-refractivity contribution in [2.45, 2.75) is 19.3 Å². The number of thiazole rings is 1. The molecule has 1 aliphatic heterocycles. The molecule has 128 valence electrons.